The lowest BCUT2D eigenvalue weighted by atomic mass is 10.1. The van der Waals surface area contributed by atoms with Crippen LogP contribution in [0.4, 0.5) is 0 Å². The lowest BCUT2D eigenvalue weighted by Gasteiger charge is -2.20. The first-order chi connectivity index (χ1) is 11.8. The fourth-order valence-electron chi connectivity index (χ4n) is 2.45. The minimum Gasteiger partial charge on any atom is -0.463 e. The molecular weight excluding hydrogens is 364 g/mol. The Kier molecular flexibility index (Phi) is 4.46. The van der Waals surface area contributed by atoms with Gasteiger partial charge in [-0.1, -0.05) is 29.2 Å². The summed E-state index contributed by atoms with van der Waals surface area (Å²) >= 11 is 4.44. The minimum atomic E-state index is -0.0763. The summed E-state index contributed by atoms with van der Waals surface area (Å²) in [5.74, 6) is 0.949. The van der Waals surface area contributed by atoms with E-state index in [0.29, 0.717) is 12.2 Å². The van der Waals surface area contributed by atoms with Gasteiger partial charge >= 0.3 is 0 Å². The van der Waals surface area contributed by atoms with Crippen LogP contribution >= 0.6 is 34.4 Å². The second-order valence-electron chi connectivity index (χ2n) is 4.99. The van der Waals surface area contributed by atoms with Crippen molar-refractivity contribution in [3.05, 3.63) is 52.1 Å². The molecule has 1 unspecified atom stereocenters. The van der Waals surface area contributed by atoms with Gasteiger partial charge in [0, 0.05) is 11.3 Å². The van der Waals surface area contributed by atoms with E-state index in [4.69, 9.17) is 4.42 Å². The highest BCUT2D eigenvalue weighted by atomic mass is 32.2. The number of thioether (sulfide) groups is 1. The summed E-state index contributed by atoms with van der Waals surface area (Å²) < 4.78 is 6.23. The standard InChI is InChI=1S/C15H12N4O2S3/c20-14(8-23-15-17-16-9-24-15)19-11(13-4-2-6-22-13)7-10(18-19)12-3-1-5-21-12/h1-6,9,11H,7-8H2. The number of furan rings is 1. The number of carbonyl (C=O) groups is 1. The van der Waals surface area contributed by atoms with Crippen molar-refractivity contribution in [3.8, 4) is 0 Å². The summed E-state index contributed by atoms with van der Waals surface area (Å²) in [4.78, 5) is 13.8. The summed E-state index contributed by atoms with van der Waals surface area (Å²) in [7, 11) is 0. The molecule has 0 fully saturated rings. The third-order valence-electron chi connectivity index (χ3n) is 3.50. The number of aromatic nitrogens is 2. The molecule has 1 aliphatic heterocycles. The highest BCUT2D eigenvalue weighted by Gasteiger charge is 2.34. The maximum absolute atomic E-state index is 12.7. The predicted molar refractivity (Wildman–Crippen MR) is 94.4 cm³/mol. The first-order valence-corrected chi connectivity index (χ1v) is 9.91. The van der Waals surface area contributed by atoms with Crippen molar-refractivity contribution in [1.29, 1.82) is 0 Å². The molecule has 0 spiro atoms. The van der Waals surface area contributed by atoms with Crippen LogP contribution in [0.1, 0.15) is 23.1 Å². The van der Waals surface area contributed by atoms with Crippen LogP contribution in [0.25, 0.3) is 0 Å². The van der Waals surface area contributed by atoms with Crippen molar-refractivity contribution in [3.63, 3.8) is 0 Å². The molecule has 4 heterocycles. The Morgan fingerprint density at radius 2 is 2.33 bits per heavy atom. The third-order valence-corrected chi connectivity index (χ3v) is 6.32. The van der Waals surface area contributed by atoms with Gasteiger partial charge in [0.2, 0.25) is 0 Å². The number of thiophene rings is 1. The molecule has 0 N–H and O–H groups in total. The van der Waals surface area contributed by atoms with Gasteiger partial charge in [0.25, 0.3) is 5.91 Å². The van der Waals surface area contributed by atoms with Crippen LogP contribution in [0.3, 0.4) is 0 Å². The van der Waals surface area contributed by atoms with Crippen molar-refractivity contribution < 1.29 is 9.21 Å². The number of hydrogen-bond acceptors (Lipinski definition) is 8. The van der Waals surface area contributed by atoms with Gasteiger partial charge in [-0.25, -0.2) is 5.01 Å². The van der Waals surface area contributed by atoms with Crippen molar-refractivity contribution in [2.75, 3.05) is 5.75 Å². The van der Waals surface area contributed by atoms with E-state index in [1.807, 2.05) is 29.6 Å². The Morgan fingerprint density at radius 3 is 3.04 bits per heavy atom. The Bertz CT molecular complexity index is 828. The van der Waals surface area contributed by atoms with Crippen LogP contribution < -0.4 is 0 Å². The van der Waals surface area contributed by atoms with Crippen LogP contribution in [0.5, 0.6) is 0 Å². The molecule has 3 aromatic heterocycles. The molecule has 24 heavy (non-hydrogen) atoms. The van der Waals surface area contributed by atoms with Gasteiger partial charge in [-0.05, 0) is 23.6 Å². The molecule has 1 amide bonds. The molecule has 1 atom stereocenters. The van der Waals surface area contributed by atoms with E-state index >= 15 is 0 Å². The van der Waals surface area contributed by atoms with E-state index in [1.165, 1.54) is 23.1 Å². The fourth-order valence-corrected chi connectivity index (χ4v) is 4.60. The third kappa shape index (κ3) is 3.14. The van der Waals surface area contributed by atoms with Gasteiger partial charge in [0.05, 0.1) is 18.1 Å². The fraction of sp³-hybridized carbons (Fsp3) is 0.200. The zero-order chi connectivity index (χ0) is 16.4. The van der Waals surface area contributed by atoms with Crippen molar-refractivity contribution in [2.45, 2.75) is 16.8 Å². The molecule has 0 saturated heterocycles. The molecule has 3 aromatic rings. The first kappa shape index (κ1) is 15.6. The summed E-state index contributed by atoms with van der Waals surface area (Å²) in [6, 6.07) is 7.65. The van der Waals surface area contributed by atoms with E-state index in [-0.39, 0.29) is 17.7 Å². The van der Waals surface area contributed by atoms with Gasteiger partial charge in [-0.15, -0.1) is 21.5 Å². The number of nitrogens with zero attached hydrogens (tertiary/aromatic N) is 4. The van der Waals surface area contributed by atoms with E-state index in [1.54, 1.807) is 28.1 Å². The molecule has 0 bridgehead atoms. The number of carbonyl (C=O) groups excluding carboxylic acids is 1. The lowest BCUT2D eigenvalue weighted by molar-refractivity contribution is -0.130. The van der Waals surface area contributed by atoms with E-state index in [2.05, 4.69) is 15.3 Å². The molecule has 0 aliphatic carbocycles. The molecule has 0 aromatic carbocycles. The normalized spacial score (nSPS) is 17.2. The van der Waals surface area contributed by atoms with Crippen molar-refractivity contribution >= 4 is 46.1 Å². The largest absolute Gasteiger partial charge is 0.463 e. The summed E-state index contributed by atoms with van der Waals surface area (Å²) in [6.45, 7) is 0. The molecule has 9 heteroatoms. The Morgan fingerprint density at radius 1 is 1.38 bits per heavy atom. The monoisotopic (exact) mass is 376 g/mol. The van der Waals surface area contributed by atoms with Gasteiger partial charge in [-0.3, -0.25) is 4.79 Å². The average Bonchev–Trinajstić information content (AvgIpc) is 3.40. The van der Waals surface area contributed by atoms with Crippen LogP contribution in [0.15, 0.2) is 55.3 Å². The van der Waals surface area contributed by atoms with Gasteiger partial charge in [0.1, 0.15) is 17.0 Å². The number of hydrogen-bond donors (Lipinski definition) is 0. The second kappa shape index (κ2) is 6.88. The summed E-state index contributed by atoms with van der Waals surface area (Å²) in [5, 5.41) is 15.9. The first-order valence-electron chi connectivity index (χ1n) is 7.17. The quantitative estimate of drug-likeness (QED) is 0.636. The maximum atomic E-state index is 12.7. The molecule has 0 saturated carbocycles. The highest BCUT2D eigenvalue weighted by Crippen LogP contribution is 2.36. The molecule has 122 valence electrons. The smallest absolute Gasteiger partial charge is 0.253 e. The molecular formula is C15H12N4O2S3. The Hall–Kier alpha value is -1.97. The van der Waals surface area contributed by atoms with Crippen molar-refractivity contribution in [2.24, 2.45) is 5.10 Å². The van der Waals surface area contributed by atoms with E-state index < -0.39 is 0 Å². The van der Waals surface area contributed by atoms with Crippen LogP contribution in [0, 0.1) is 0 Å². The zero-order valence-electron chi connectivity index (χ0n) is 12.4. The topological polar surface area (TPSA) is 71.6 Å². The van der Waals surface area contributed by atoms with Crippen LogP contribution in [0.2, 0.25) is 0 Å². The Balaban J connectivity index is 1.55. The minimum absolute atomic E-state index is 0.0462. The highest BCUT2D eigenvalue weighted by molar-refractivity contribution is 8.01. The molecule has 0 radical (unpaired) electrons. The summed E-state index contributed by atoms with van der Waals surface area (Å²) in [5.41, 5.74) is 2.46. The Labute approximate surface area is 150 Å². The van der Waals surface area contributed by atoms with Crippen LogP contribution in [-0.2, 0) is 4.79 Å². The lowest BCUT2D eigenvalue weighted by Crippen LogP contribution is -2.28. The number of amides is 1. The van der Waals surface area contributed by atoms with Crippen LogP contribution in [-0.4, -0.2) is 32.6 Å². The van der Waals surface area contributed by atoms with Crippen molar-refractivity contribution in [1.82, 2.24) is 15.2 Å². The average molecular weight is 376 g/mol. The zero-order valence-corrected chi connectivity index (χ0v) is 14.8. The predicted octanol–water partition coefficient (Wildman–Crippen LogP) is 3.66. The summed E-state index contributed by atoms with van der Waals surface area (Å²) in [6.07, 6.45) is 2.27. The van der Waals surface area contributed by atoms with E-state index in [0.717, 1.165) is 14.9 Å². The van der Waals surface area contributed by atoms with Gasteiger partial charge < -0.3 is 4.42 Å². The molecule has 4 rings (SSSR count). The number of hydrazone groups is 1. The van der Waals surface area contributed by atoms with Gasteiger partial charge in [-0.2, -0.15) is 5.10 Å². The van der Waals surface area contributed by atoms with Gasteiger partial charge in [0.15, 0.2) is 4.34 Å². The molecule has 1 aliphatic rings. The second-order valence-corrected chi connectivity index (χ2v) is 8.03. The maximum Gasteiger partial charge on any atom is 0.253 e. The number of rotatable bonds is 5. The molecule has 6 nitrogen and oxygen atoms in total. The SMILES string of the molecule is O=C(CSc1nncs1)N1N=C(c2ccco2)CC1c1cccs1. The van der Waals surface area contributed by atoms with E-state index in [9.17, 15) is 4.79 Å².